The largest absolute Gasteiger partial charge is 0.494 e. The summed E-state index contributed by atoms with van der Waals surface area (Å²) in [5.41, 5.74) is -0.202. The number of Topliss-reactive ketones (excluding diaryl/α,β-unsaturated/α-hetero) is 1. The fourth-order valence-electron chi connectivity index (χ4n) is 2.24. The van der Waals surface area contributed by atoms with Crippen LogP contribution in [0, 0.1) is 5.82 Å². The molecule has 21 heavy (non-hydrogen) atoms. The first-order valence-electron chi connectivity index (χ1n) is 7.36. The molecule has 1 saturated heterocycles. The second-order valence-electron chi connectivity index (χ2n) is 6.50. The van der Waals surface area contributed by atoms with Gasteiger partial charge in [0.1, 0.15) is 5.82 Å². The minimum Gasteiger partial charge on any atom is -0.399 e. The molecule has 0 atom stereocenters. The van der Waals surface area contributed by atoms with E-state index in [2.05, 4.69) is 0 Å². The van der Waals surface area contributed by atoms with Gasteiger partial charge in [-0.05, 0) is 51.7 Å². The van der Waals surface area contributed by atoms with Crippen LogP contribution in [0.1, 0.15) is 57.8 Å². The summed E-state index contributed by atoms with van der Waals surface area (Å²) in [4.78, 5) is 11.8. The van der Waals surface area contributed by atoms with Crippen molar-refractivity contribution in [3.8, 4) is 0 Å². The van der Waals surface area contributed by atoms with Crippen LogP contribution in [0.5, 0.6) is 0 Å². The predicted molar refractivity (Wildman–Crippen MR) is 81.4 cm³/mol. The Balaban J connectivity index is 2.24. The van der Waals surface area contributed by atoms with Crippen LogP contribution in [0.4, 0.5) is 4.39 Å². The van der Waals surface area contributed by atoms with E-state index in [1.54, 1.807) is 6.07 Å². The average molecular weight is 292 g/mol. The summed E-state index contributed by atoms with van der Waals surface area (Å²) < 4.78 is 25.9. The lowest BCUT2D eigenvalue weighted by Gasteiger charge is -2.32. The third-order valence-corrected chi connectivity index (χ3v) is 4.30. The molecule has 5 heteroatoms. The highest BCUT2D eigenvalue weighted by atomic mass is 19.1. The van der Waals surface area contributed by atoms with Crippen molar-refractivity contribution in [2.45, 2.75) is 58.7 Å². The fraction of sp³-hybridized carbons (Fsp3) is 0.562. The highest BCUT2D eigenvalue weighted by Gasteiger charge is 2.51. The standard InChI is InChI=1S/C16H22BFO3/c1-6-7-14(19)12-9-8-11(10-13(12)18)17-20-15(2,3)16(4,5)21-17/h8-10H,6-7H2,1-5H3. The minimum absolute atomic E-state index is 0.136. The van der Waals surface area contributed by atoms with Crippen molar-refractivity contribution in [3.63, 3.8) is 0 Å². The first-order chi connectivity index (χ1) is 9.68. The van der Waals surface area contributed by atoms with Crippen LogP contribution in [0.3, 0.4) is 0 Å². The van der Waals surface area contributed by atoms with Gasteiger partial charge in [0.2, 0.25) is 0 Å². The summed E-state index contributed by atoms with van der Waals surface area (Å²) in [5.74, 6) is -0.684. The van der Waals surface area contributed by atoms with Gasteiger partial charge < -0.3 is 9.31 Å². The third kappa shape index (κ3) is 3.04. The number of halogens is 1. The van der Waals surface area contributed by atoms with Crippen molar-refractivity contribution in [3.05, 3.63) is 29.6 Å². The number of carbonyl (C=O) groups is 1. The van der Waals surface area contributed by atoms with Gasteiger partial charge in [0.25, 0.3) is 0 Å². The van der Waals surface area contributed by atoms with Crippen LogP contribution in [0.25, 0.3) is 0 Å². The Hall–Kier alpha value is -1.20. The van der Waals surface area contributed by atoms with E-state index in [1.807, 2.05) is 34.6 Å². The van der Waals surface area contributed by atoms with Crippen molar-refractivity contribution >= 4 is 18.4 Å². The number of rotatable bonds is 4. The molecule has 114 valence electrons. The summed E-state index contributed by atoms with van der Waals surface area (Å²) in [5, 5.41) is 0. The molecule has 0 bridgehead atoms. The lowest BCUT2D eigenvalue weighted by Crippen LogP contribution is -2.41. The van der Waals surface area contributed by atoms with E-state index in [-0.39, 0.29) is 11.3 Å². The van der Waals surface area contributed by atoms with Crippen LogP contribution < -0.4 is 5.46 Å². The lowest BCUT2D eigenvalue weighted by molar-refractivity contribution is 0.00578. The predicted octanol–water partition coefficient (Wildman–Crippen LogP) is 3.11. The maximum Gasteiger partial charge on any atom is 0.494 e. The van der Waals surface area contributed by atoms with Crippen LogP contribution in [0.15, 0.2) is 18.2 Å². The SMILES string of the molecule is CCCC(=O)c1ccc(B2OC(C)(C)C(C)(C)O2)cc1F. The zero-order valence-electron chi connectivity index (χ0n) is 13.3. The topological polar surface area (TPSA) is 35.5 Å². The molecule has 0 aliphatic carbocycles. The Morgan fingerprint density at radius 2 is 1.76 bits per heavy atom. The second kappa shape index (κ2) is 5.54. The second-order valence-corrected chi connectivity index (χ2v) is 6.50. The maximum atomic E-state index is 14.1. The van der Waals surface area contributed by atoms with E-state index in [0.717, 1.165) is 0 Å². The number of benzene rings is 1. The summed E-state index contributed by atoms with van der Waals surface area (Å²) >= 11 is 0. The van der Waals surface area contributed by atoms with Gasteiger partial charge in [-0.2, -0.15) is 0 Å². The molecule has 1 aromatic rings. The Labute approximate surface area is 126 Å². The van der Waals surface area contributed by atoms with Crippen molar-refractivity contribution in [2.24, 2.45) is 0 Å². The molecule has 0 amide bonds. The molecule has 0 aromatic heterocycles. The maximum absolute atomic E-state index is 14.1. The van der Waals surface area contributed by atoms with Gasteiger partial charge in [0.05, 0.1) is 16.8 Å². The quantitative estimate of drug-likeness (QED) is 0.632. The molecule has 1 aliphatic rings. The first-order valence-corrected chi connectivity index (χ1v) is 7.36. The summed E-state index contributed by atoms with van der Waals surface area (Å²) in [7, 11) is -0.611. The Bertz CT molecular complexity index is 538. The van der Waals surface area contributed by atoms with E-state index < -0.39 is 24.1 Å². The molecule has 0 spiro atoms. The van der Waals surface area contributed by atoms with Crippen molar-refractivity contribution < 1.29 is 18.5 Å². The number of ketones is 1. The molecule has 2 rings (SSSR count). The Morgan fingerprint density at radius 3 is 2.24 bits per heavy atom. The Kier molecular flexibility index (Phi) is 4.27. The smallest absolute Gasteiger partial charge is 0.399 e. The molecule has 0 radical (unpaired) electrons. The van der Waals surface area contributed by atoms with Crippen LogP contribution in [-0.2, 0) is 9.31 Å². The lowest BCUT2D eigenvalue weighted by atomic mass is 9.78. The molecule has 0 saturated carbocycles. The molecular weight excluding hydrogens is 270 g/mol. The number of hydrogen-bond acceptors (Lipinski definition) is 3. The van der Waals surface area contributed by atoms with Gasteiger partial charge in [0.15, 0.2) is 5.78 Å². The van der Waals surface area contributed by atoms with Gasteiger partial charge >= 0.3 is 7.12 Å². The van der Waals surface area contributed by atoms with Gasteiger partial charge in [-0.15, -0.1) is 0 Å². The minimum atomic E-state index is -0.611. The van der Waals surface area contributed by atoms with Crippen molar-refractivity contribution in [1.82, 2.24) is 0 Å². The highest BCUT2D eigenvalue weighted by molar-refractivity contribution is 6.62. The number of carbonyl (C=O) groups excluding carboxylic acids is 1. The third-order valence-electron chi connectivity index (χ3n) is 4.30. The average Bonchev–Trinajstić information content (AvgIpc) is 2.58. The monoisotopic (exact) mass is 292 g/mol. The molecule has 1 aliphatic heterocycles. The molecule has 1 aromatic carbocycles. The normalized spacial score (nSPS) is 19.8. The number of hydrogen-bond donors (Lipinski definition) is 0. The zero-order valence-corrected chi connectivity index (χ0v) is 13.3. The first kappa shape index (κ1) is 16.2. The summed E-state index contributed by atoms with van der Waals surface area (Å²) in [6.45, 7) is 9.69. The van der Waals surface area contributed by atoms with E-state index in [0.29, 0.717) is 18.3 Å². The van der Waals surface area contributed by atoms with Crippen LogP contribution in [0.2, 0.25) is 0 Å². The van der Waals surface area contributed by atoms with E-state index in [1.165, 1.54) is 12.1 Å². The molecule has 1 fully saturated rings. The zero-order chi connectivity index (χ0) is 15.8. The van der Waals surface area contributed by atoms with Gasteiger partial charge in [-0.3, -0.25) is 4.79 Å². The molecule has 0 unspecified atom stereocenters. The van der Waals surface area contributed by atoms with Crippen LogP contribution in [-0.4, -0.2) is 24.1 Å². The summed E-state index contributed by atoms with van der Waals surface area (Å²) in [6, 6.07) is 4.56. The van der Waals surface area contributed by atoms with Crippen LogP contribution >= 0.6 is 0 Å². The van der Waals surface area contributed by atoms with E-state index in [4.69, 9.17) is 9.31 Å². The molecular formula is C16H22BFO3. The van der Waals surface area contributed by atoms with Crippen molar-refractivity contribution in [2.75, 3.05) is 0 Å². The van der Waals surface area contributed by atoms with Crippen molar-refractivity contribution in [1.29, 1.82) is 0 Å². The van der Waals surface area contributed by atoms with E-state index in [9.17, 15) is 9.18 Å². The Morgan fingerprint density at radius 1 is 1.19 bits per heavy atom. The van der Waals surface area contributed by atoms with Gasteiger partial charge in [-0.25, -0.2) is 4.39 Å². The van der Waals surface area contributed by atoms with E-state index >= 15 is 0 Å². The molecule has 0 N–H and O–H groups in total. The summed E-state index contributed by atoms with van der Waals surface area (Å²) in [6.07, 6.45) is 1.06. The fourth-order valence-corrected chi connectivity index (χ4v) is 2.24. The molecule has 3 nitrogen and oxygen atoms in total. The highest BCUT2D eigenvalue weighted by Crippen LogP contribution is 2.36. The molecule has 1 heterocycles. The van der Waals surface area contributed by atoms with Gasteiger partial charge in [0, 0.05) is 6.42 Å². The van der Waals surface area contributed by atoms with Gasteiger partial charge in [-0.1, -0.05) is 13.0 Å².